The highest BCUT2D eigenvalue weighted by molar-refractivity contribution is 7.11. The van der Waals surface area contributed by atoms with Crippen LogP contribution in [0.4, 0.5) is 0 Å². The van der Waals surface area contributed by atoms with Crippen LogP contribution in [0.2, 0.25) is 0 Å². The number of amides is 2. The summed E-state index contributed by atoms with van der Waals surface area (Å²) < 4.78 is 0. The fourth-order valence-electron chi connectivity index (χ4n) is 2.57. The van der Waals surface area contributed by atoms with E-state index in [2.05, 4.69) is 11.4 Å². The molecule has 2 heterocycles. The Labute approximate surface area is 124 Å². The van der Waals surface area contributed by atoms with Crippen LogP contribution in [0.3, 0.4) is 0 Å². The normalized spacial score (nSPS) is 23.4. The molecule has 0 saturated carbocycles. The molecule has 0 aromatic carbocycles. The maximum atomic E-state index is 12.6. The minimum absolute atomic E-state index is 0.0286. The first-order chi connectivity index (χ1) is 9.43. The zero-order chi connectivity index (χ0) is 14.9. The lowest BCUT2D eigenvalue weighted by Gasteiger charge is -2.39. The zero-order valence-corrected chi connectivity index (χ0v) is 13.3. The predicted molar refractivity (Wildman–Crippen MR) is 80.5 cm³/mol. The summed E-state index contributed by atoms with van der Waals surface area (Å²) in [5, 5.41) is 2.86. The van der Waals surface area contributed by atoms with Crippen molar-refractivity contribution in [2.24, 2.45) is 5.92 Å². The van der Waals surface area contributed by atoms with Crippen molar-refractivity contribution in [2.75, 3.05) is 0 Å². The van der Waals surface area contributed by atoms with Gasteiger partial charge in [0, 0.05) is 9.75 Å². The van der Waals surface area contributed by atoms with E-state index in [9.17, 15) is 9.59 Å². The van der Waals surface area contributed by atoms with Gasteiger partial charge in [-0.15, -0.1) is 11.3 Å². The number of rotatable bonds is 4. The molecule has 1 aromatic rings. The van der Waals surface area contributed by atoms with Crippen molar-refractivity contribution >= 4 is 23.2 Å². The average molecular weight is 294 g/mol. The van der Waals surface area contributed by atoms with Crippen molar-refractivity contribution in [1.82, 2.24) is 10.2 Å². The number of hydrogen-bond acceptors (Lipinski definition) is 3. The molecule has 0 spiro atoms. The van der Waals surface area contributed by atoms with Crippen LogP contribution < -0.4 is 5.32 Å². The highest BCUT2D eigenvalue weighted by Gasteiger charge is 2.40. The van der Waals surface area contributed by atoms with Crippen molar-refractivity contribution < 1.29 is 9.59 Å². The van der Waals surface area contributed by atoms with Crippen LogP contribution >= 0.6 is 11.3 Å². The van der Waals surface area contributed by atoms with Gasteiger partial charge in [0.15, 0.2) is 0 Å². The van der Waals surface area contributed by atoms with E-state index in [1.807, 2.05) is 33.8 Å². The Kier molecular flexibility index (Phi) is 4.48. The van der Waals surface area contributed by atoms with Crippen LogP contribution in [-0.4, -0.2) is 28.8 Å². The van der Waals surface area contributed by atoms with Gasteiger partial charge in [0.25, 0.3) is 0 Å². The third kappa shape index (κ3) is 2.87. The zero-order valence-electron chi connectivity index (χ0n) is 12.5. The number of nitrogens with zero attached hydrogens (tertiary/aromatic N) is 1. The minimum Gasteiger partial charge on any atom is -0.342 e. The van der Waals surface area contributed by atoms with Crippen molar-refractivity contribution in [2.45, 2.75) is 52.7 Å². The summed E-state index contributed by atoms with van der Waals surface area (Å²) in [6, 6.07) is 3.35. The maximum Gasteiger partial charge on any atom is 0.246 e. The molecule has 1 saturated heterocycles. The molecule has 1 aromatic heterocycles. The number of piperazine rings is 1. The summed E-state index contributed by atoms with van der Waals surface area (Å²) in [6.07, 6.45) is 0.646. The lowest BCUT2D eigenvalue weighted by molar-refractivity contribution is -0.151. The summed E-state index contributed by atoms with van der Waals surface area (Å²) in [4.78, 5) is 28.9. The monoisotopic (exact) mass is 294 g/mol. The highest BCUT2D eigenvalue weighted by Crippen LogP contribution is 2.23. The highest BCUT2D eigenvalue weighted by atomic mass is 32.1. The molecular formula is C15H22N2O2S. The molecule has 1 fully saturated rings. The molecule has 4 nitrogen and oxygen atoms in total. The van der Waals surface area contributed by atoms with Crippen molar-refractivity contribution in [3.8, 4) is 0 Å². The Hall–Kier alpha value is -1.36. The van der Waals surface area contributed by atoms with Crippen LogP contribution in [0.25, 0.3) is 0 Å². The number of nitrogens with one attached hydrogen (secondary N) is 1. The summed E-state index contributed by atoms with van der Waals surface area (Å²) in [5.74, 6) is 0.119. The largest absolute Gasteiger partial charge is 0.342 e. The number of aryl methyl sites for hydroxylation is 1. The fourth-order valence-corrected chi connectivity index (χ4v) is 3.46. The number of carbonyl (C=O) groups is 2. The van der Waals surface area contributed by atoms with E-state index in [0.717, 1.165) is 4.88 Å². The minimum atomic E-state index is -0.397. The van der Waals surface area contributed by atoms with Crippen LogP contribution in [0.5, 0.6) is 0 Å². The van der Waals surface area contributed by atoms with E-state index >= 15 is 0 Å². The SMILES string of the molecule is CCC1C(=O)NC(C(C)C)C(=O)N1Cc1ccc(C)s1. The molecular weight excluding hydrogens is 272 g/mol. The van der Waals surface area contributed by atoms with Crippen LogP contribution in [0.15, 0.2) is 12.1 Å². The van der Waals surface area contributed by atoms with Gasteiger partial charge in [-0.05, 0) is 31.4 Å². The standard InChI is InChI=1S/C15H22N2O2S/c1-5-12-14(18)16-13(9(2)3)15(19)17(12)8-11-7-6-10(4)20-11/h6-7,9,12-13H,5,8H2,1-4H3,(H,16,18). The molecule has 0 aliphatic carbocycles. The predicted octanol–water partition coefficient (Wildman–Crippen LogP) is 2.32. The van der Waals surface area contributed by atoms with Gasteiger partial charge in [0.2, 0.25) is 11.8 Å². The first-order valence-corrected chi connectivity index (χ1v) is 7.91. The second kappa shape index (κ2) is 5.95. The molecule has 110 valence electrons. The van der Waals surface area contributed by atoms with Gasteiger partial charge in [0.1, 0.15) is 12.1 Å². The number of carbonyl (C=O) groups excluding carboxylic acids is 2. The summed E-state index contributed by atoms with van der Waals surface area (Å²) in [6.45, 7) is 8.45. The molecule has 2 atom stereocenters. The van der Waals surface area contributed by atoms with Gasteiger partial charge in [-0.1, -0.05) is 20.8 Å². The van der Waals surface area contributed by atoms with Gasteiger partial charge >= 0.3 is 0 Å². The Morgan fingerprint density at radius 3 is 2.55 bits per heavy atom. The van der Waals surface area contributed by atoms with Gasteiger partial charge in [0.05, 0.1) is 6.54 Å². The second-order valence-corrected chi connectivity index (χ2v) is 7.01. The molecule has 5 heteroatoms. The average Bonchev–Trinajstić information content (AvgIpc) is 2.79. The van der Waals surface area contributed by atoms with Gasteiger partial charge in [-0.2, -0.15) is 0 Å². The molecule has 2 amide bonds. The smallest absolute Gasteiger partial charge is 0.246 e. The molecule has 1 aliphatic heterocycles. The second-order valence-electron chi connectivity index (χ2n) is 5.63. The molecule has 1 aliphatic rings. The van der Waals surface area contributed by atoms with Gasteiger partial charge in [-0.25, -0.2) is 0 Å². The molecule has 0 radical (unpaired) electrons. The van der Waals surface area contributed by atoms with E-state index in [4.69, 9.17) is 0 Å². The molecule has 20 heavy (non-hydrogen) atoms. The number of hydrogen-bond donors (Lipinski definition) is 1. The number of thiophene rings is 1. The summed E-state index contributed by atoms with van der Waals surface area (Å²) in [5.41, 5.74) is 0. The van der Waals surface area contributed by atoms with E-state index in [0.29, 0.717) is 13.0 Å². The third-order valence-corrected chi connectivity index (χ3v) is 4.69. The summed E-state index contributed by atoms with van der Waals surface area (Å²) >= 11 is 1.68. The van der Waals surface area contributed by atoms with E-state index in [1.54, 1.807) is 16.2 Å². The Morgan fingerprint density at radius 2 is 2.05 bits per heavy atom. The third-order valence-electron chi connectivity index (χ3n) is 3.70. The van der Waals surface area contributed by atoms with Crippen LogP contribution in [0.1, 0.15) is 36.9 Å². The Bertz CT molecular complexity index is 510. The first kappa shape index (κ1) is 15.0. The van der Waals surface area contributed by atoms with Crippen molar-refractivity contribution in [3.05, 3.63) is 21.9 Å². The van der Waals surface area contributed by atoms with Gasteiger partial charge in [-0.3, -0.25) is 9.59 Å². The molecule has 2 unspecified atom stereocenters. The maximum absolute atomic E-state index is 12.6. The molecule has 2 rings (SSSR count). The topological polar surface area (TPSA) is 49.4 Å². The van der Waals surface area contributed by atoms with Crippen molar-refractivity contribution in [1.29, 1.82) is 0 Å². The molecule has 0 bridgehead atoms. The van der Waals surface area contributed by atoms with E-state index in [-0.39, 0.29) is 23.8 Å². The lowest BCUT2D eigenvalue weighted by Crippen LogP contribution is -2.64. The van der Waals surface area contributed by atoms with E-state index in [1.165, 1.54) is 4.88 Å². The lowest BCUT2D eigenvalue weighted by atomic mass is 9.97. The summed E-state index contributed by atoms with van der Waals surface area (Å²) in [7, 11) is 0. The Balaban J connectivity index is 2.24. The van der Waals surface area contributed by atoms with Gasteiger partial charge < -0.3 is 10.2 Å². The fraction of sp³-hybridized carbons (Fsp3) is 0.600. The van der Waals surface area contributed by atoms with Crippen molar-refractivity contribution in [3.63, 3.8) is 0 Å². The first-order valence-electron chi connectivity index (χ1n) is 7.10. The quantitative estimate of drug-likeness (QED) is 0.926. The Morgan fingerprint density at radius 1 is 1.35 bits per heavy atom. The van der Waals surface area contributed by atoms with Crippen LogP contribution in [-0.2, 0) is 16.1 Å². The van der Waals surface area contributed by atoms with Crippen LogP contribution in [0, 0.1) is 12.8 Å². The molecule has 1 N–H and O–H groups in total. The van der Waals surface area contributed by atoms with E-state index < -0.39 is 6.04 Å².